The van der Waals surface area contributed by atoms with Gasteiger partial charge in [-0.2, -0.15) is 0 Å². The van der Waals surface area contributed by atoms with E-state index in [0.717, 1.165) is 44.1 Å². The van der Waals surface area contributed by atoms with E-state index in [9.17, 15) is 0 Å². The first-order chi connectivity index (χ1) is 9.26. The van der Waals surface area contributed by atoms with Gasteiger partial charge in [-0.1, -0.05) is 17.7 Å². The van der Waals surface area contributed by atoms with Gasteiger partial charge in [-0.15, -0.1) is 0 Å². The van der Waals surface area contributed by atoms with Crippen molar-refractivity contribution in [1.82, 2.24) is 5.32 Å². The van der Waals surface area contributed by atoms with Crippen molar-refractivity contribution in [3.8, 4) is 0 Å². The Labute approximate surface area is 120 Å². The summed E-state index contributed by atoms with van der Waals surface area (Å²) in [5, 5.41) is 4.04. The molecule has 0 bridgehead atoms. The molecule has 2 rings (SSSR count). The second kappa shape index (κ2) is 7.13. The van der Waals surface area contributed by atoms with Crippen molar-refractivity contribution in [2.24, 2.45) is 0 Å². The highest BCUT2D eigenvalue weighted by Crippen LogP contribution is 2.30. The van der Waals surface area contributed by atoms with Crippen LogP contribution < -0.4 is 10.2 Å². The molecule has 3 nitrogen and oxygen atoms in total. The molecule has 0 amide bonds. The predicted molar refractivity (Wildman–Crippen MR) is 81.1 cm³/mol. The van der Waals surface area contributed by atoms with Crippen LogP contribution in [0, 0.1) is 0 Å². The monoisotopic (exact) mass is 282 g/mol. The number of nitrogens with one attached hydrogen (secondary N) is 1. The lowest BCUT2D eigenvalue weighted by molar-refractivity contribution is 0.0459. The Bertz CT molecular complexity index is 403. The summed E-state index contributed by atoms with van der Waals surface area (Å²) >= 11 is 6.31. The summed E-state index contributed by atoms with van der Waals surface area (Å²) in [7, 11) is 1.95. The Kier molecular flexibility index (Phi) is 5.49. The van der Waals surface area contributed by atoms with Gasteiger partial charge in [-0.25, -0.2) is 0 Å². The Hall–Kier alpha value is -0.770. The van der Waals surface area contributed by atoms with Gasteiger partial charge in [0.25, 0.3) is 0 Å². The third-order valence-corrected chi connectivity index (χ3v) is 3.99. The molecule has 0 aromatic heterocycles. The largest absolute Gasteiger partial charge is 0.378 e. The van der Waals surface area contributed by atoms with E-state index >= 15 is 0 Å². The van der Waals surface area contributed by atoms with Gasteiger partial charge >= 0.3 is 0 Å². The average molecular weight is 283 g/mol. The van der Waals surface area contributed by atoms with E-state index in [-0.39, 0.29) is 0 Å². The van der Waals surface area contributed by atoms with Crippen LogP contribution in [0.3, 0.4) is 0 Å². The maximum Gasteiger partial charge on any atom is 0.0608 e. The summed E-state index contributed by atoms with van der Waals surface area (Å²) in [4.78, 5) is 2.42. The van der Waals surface area contributed by atoms with Gasteiger partial charge in [-0.05, 0) is 38.9 Å². The number of hydrogen-bond donors (Lipinski definition) is 1. The van der Waals surface area contributed by atoms with E-state index in [2.05, 4.69) is 23.2 Å². The number of anilines is 1. The third kappa shape index (κ3) is 3.62. The molecule has 1 fully saturated rings. The molecule has 0 aliphatic carbocycles. The number of rotatable bonds is 5. The van der Waals surface area contributed by atoms with Gasteiger partial charge in [0.1, 0.15) is 0 Å². The lowest BCUT2D eigenvalue weighted by Crippen LogP contribution is -2.37. The molecule has 1 aromatic rings. The van der Waals surface area contributed by atoms with Crippen LogP contribution in [0.5, 0.6) is 0 Å². The van der Waals surface area contributed by atoms with Crippen LogP contribution in [0.1, 0.15) is 25.3 Å². The molecule has 0 atom stereocenters. The molecule has 1 aliphatic rings. The van der Waals surface area contributed by atoms with Crippen LogP contribution in [-0.4, -0.2) is 32.8 Å². The molecule has 106 valence electrons. The summed E-state index contributed by atoms with van der Waals surface area (Å²) in [5.74, 6) is 0. The smallest absolute Gasteiger partial charge is 0.0608 e. The number of ether oxygens (including phenoxy) is 1. The van der Waals surface area contributed by atoms with Crippen LogP contribution in [0.4, 0.5) is 5.69 Å². The highest BCUT2D eigenvalue weighted by Gasteiger charge is 2.21. The van der Waals surface area contributed by atoms with Gasteiger partial charge < -0.3 is 15.0 Å². The predicted octanol–water partition coefficient (Wildman–Crippen LogP) is 3.06. The van der Waals surface area contributed by atoms with Gasteiger partial charge in [0, 0.05) is 42.5 Å². The van der Waals surface area contributed by atoms with Crippen molar-refractivity contribution < 1.29 is 4.74 Å². The highest BCUT2D eigenvalue weighted by atomic mass is 35.5. The van der Waals surface area contributed by atoms with Crippen LogP contribution in [0.25, 0.3) is 0 Å². The molecule has 0 spiro atoms. The van der Waals surface area contributed by atoms with Crippen molar-refractivity contribution in [1.29, 1.82) is 0 Å². The summed E-state index contributed by atoms with van der Waals surface area (Å²) in [6.45, 7) is 5.77. The minimum absolute atomic E-state index is 0.424. The normalized spacial score (nSPS) is 16.9. The summed E-state index contributed by atoms with van der Waals surface area (Å²) in [6.07, 6.45) is 2.62. The first-order valence-electron chi connectivity index (χ1n) is 7.04. The Morgan fingerprint density at radius 1 is 1.37 bits per heavy atom. The van der Waals surface area contributed by atoms with Crippen molar-refractivity contribution in [2.75, 3.05) is 31.6 Å². The minimum Gasteiger partial charge on any atom is -0.378 e. The summed E-state index contributed by atoms with van der Waals surface area (Å²) in [5.41, 5.74) is 2.46. The number of benzene rings is 1. The van der Waals surface area contributed by atoms with Gasteiger partial charge in [0.2, 0.25) is 0 Å². The average Bonchev–Trinajstić information content (AvgIpc) is 2.43. The van der Waals surface area contributed by atoms with E-state index in [0.29, 0.717) is 6.10 Å². The van der Waals surface area contributed by atoms with Crippen molar-refractivity contribution in [2.45, 2.75) is 32.4 Å². The van der Waals surface area contributed by atoms with Crippen molar-refractivity contribution in [3.05, 3.63) is 28.8 Å². The minimum atomic E-state index is 0.424. The molecule has 0 unspecified atom stereocenters. The number of nitrogens with zero attached hydrogens (tertiary/aromatic N) is 1. The fraction of sp³-hybridized carbons (Fsp3) is 0.600. The molecular formula is C15H23ClN2O. The first-order valence-corrected chi connectivity index (χ1v) is 7.42. The molecule has 1 heterocycles. The van der Waals surface area contributed by atoms with E-state index < -0.39 is 0 Å². The molecule has 1 aromatic carbocycles. The fourth-order valence-electron chi connectivity index (χ4n) is 2.69. The molecule has 1 aliphatic heterocycles. The van der Waals surface area contributed by atoms with E-state index in [1.54, 1.807) is 0 Å². The lowest BCUT2D eigenvalue weighted by Gasteiger charge is -2.34. The van der Waals surface area contributed by atoms with Gasteiger partial charge in [-0.3, -0.25) is 0 Å². The Balaban J connectivity index is 2.08. The topological polar surface area (TPSA) is 24.5 Å². The molecule has 0 saturated carbocycles. The standard InChI is InChI=1S/C15H23ClN2O/c1-3-19-12-7-9-18(10-8-12)15-6-4-5-14(16)13(15)11-17-2/h4-6,12,17H,3,7-11H2,1-2H3. The van der Waals surface area contributed by atoms with E-state index in [1.165, 1.54) is 11.3 Å². The van der Waals surface area contributed by atoms with Gasteiger partial charge in [0.15, 0.2) is 0 Å². The summed E-state index contributed by atoms with van der Waals surface area (Å²) in [6, 6.07) is 6.16. The number of piperidine rings is 1. The maximum atomic E-state index is 6.31. The number of halogens is 1. The van der Waals surface area contributed by atoms with Gasteiger partial charge in [0.05, 0.1) is 6.10 Å². The summed E-state index contributed by atoms with van der Waals surface area (Å²) < 4.78 is 5.70. The molecule has 1 saturated heterocycles. The second-order valence-corrected chi connectivity index (χ2v) is 5.32. The molecular weight excluding hydrogens is 260 g/mol. The quantitative estimate of drug-likeness (QED) is 0.898. The molecule has 1 N–H and O–H groups in total. The first kappa shape index (κ1) is 14.6. The van der Waals surface area contributed by atoms with Crippen LogP contribution >= 0.6 is 11.6 Å². The zero-order chi connectivity index (χ0) is 13.7. The Morgan fingerprint density at radius 3 is 2.74 bits per heavy atom. The lowest BCUT2D eigenvalue weighted by atomic mass is 10.0. The SMILES string of the molecule is CCOC1CCN(c2cccc(Cl)c2CNC)CC1. The fourth-order valence-corrected chi connectivity index (χ4v) is 2.93. The number of hydrogen-bond acceptors (Lipinski definition) is 3. The Morgan fingerprint density at radius 2 is 2.11 bits per heavy atom. The van der Waals surface area contributed by atoms with Crippen LogP contribution in [-0.2, 0) is 11.3 Å². The zero-order valence-electron chi connectivity index (χ0n) is 11.8. The molecule has 4 heteroatoms. The highest BCUT2D eigenvalue weighted by molar-refractivity contribution is 6.31. The van der Waals surface area contributed by atoms with Crippen LogP contribution in [0.15, 0.2) is 18.2 Å². The third-order valence-electron chi connectivity index (χ3n) is 3.63. The second-order valence-electron chi connectivity index (χ2n) is 4.91. The van der Waals surface area contributed by atoms with E-state index in [1.807, 2.05) is 19.2 Å². The van der Waals surface area contributed by atoms with Crippen molar-refractivity contribution >= 4 is 17.3 Å². The zero-order valence-corrected chi connectivity index (χ0v) is 12.5. The molecule has 19 heavy (non-hydrogen) atoms. The van der Waals surface area contributed by atoms with Crippen molar-refractivity contribution in [3.63, 3.8) is 0 Å². The maximum absolute atomic E-state index is 6.31. The van der Waals surface area contributed by atoms with Crippen LogP contribution in [0.2, 0.25) is 5.02 Å². The molecule has 0 radical (unpaired) electrons. The van der Waals surface area contributed by atoms with E-state index in [4.69, 9.17) is 16.3 Å².